The minimum absolute atomic E-state index is 0.232. The highest BCUT2D eigenvalue weighted by Gasteiger charge is 2.12. The zero-order valence-corrected chi connectivity index (χ0v) is 15.5. The number of aryl methyl sites for hydroxylation is 1. The van der Waals surface area contributed by atoms with Gasteiger partial charge in [-0.2, -0.15) is 0 Å². The molecule has 0 spiro atoms. The summed E-state index contributed by atoms with van der Waals surface area (Å²) in [6.07, 6.45) is 1.67. The van der Waals surface area contributed by atoms with E-state index < -0.39 is 5.97 Å². The fourth-order valence-corrected chi connectivity index (χ4v) is 2.48. The molecule has 0 fully saturated rings. The second-order valence-electron chi connectivity index (χ2n) is 5.92. The van der Waals surface area contributed by atoms with Crippen molar-refractivity contribution in [1.82, 2.24) is 20.3 Å². The molecule has 0 saturated heterocycles. The van der Waals surface area contributed by atoms with Crippen LogP contribution >= 0.6 is 0 Å². The van der Waals surface area contributed by atoms with Crippen LogP contribution in [-0.4, -0.2) is 33.9 Å². The molecule has 2 heterocycles. The molecule has 0 aliphatic heterocycles. The van der Waals surface area contributed by atoms with E-state index in [-0.39, 0.29) is 17.5 Å². The lowest BCUT2D eigenvalue weighted by atomic mass is 10.2. The summed E-state index contributed by atoms with van der Waals surface area (Å²) >= 11 is 0. The minimum Gasteiger partial charge on any atom is -0.465 e. The SMILES string of the molecule is COC(=O)c1cccc(Nc2nc(C)cc(C(=O)NCc3ccccn3)n2)c1. The topological polar surface area (TPSA) is 106 Å². The van der Waals surface area contributed by atoms with E-state index in [4.69, 9.17) is 4.74 Å². The minimum atomic E-state index is -0.441. The molecule has 1 aromatic carbocycles. The number of aromatic nitrogens is 3. The van der Waals surface area contributed by atoms with E-state index >= 15 is 0 Å². The van der Waals surface area contributed by atoms with Crippen LogP contribution in [0.2, 0.25) is 0 Å². The van der Waals surface area contributed by atoms with Gasteiger partial charge in [0.05, 0.1) is 24.9 Å². The molecule has 0 saturated carbocycles. The van der Waals surface area contributed by atoms with Crippen molar-refractivity contribution in [3.8, 4) is 0 Å². The van der Waals surface area contributed by atoms with Crippen molar-refractivity contribution in [2.45, 2.75) is 13.5 Å². The van der Waals surface area contributed by atoms with Crippen molar-refractivity contribution in [3.05, 3.63) is 77.4 Å². The quantitative estimate of drug-likeness (QED) is 0.636. The number of nitrogens with one attached hydrogen (secondary N) is 2. The lowest BCUT2D eigenvalue weighted by molar-refractivity contribution is 0.0600. The van der Waals surface area contributed by atoms with Crippen molar-refractivity contribution in [2.24, 2.45) is 0 Å². The molecule has 2 N–H and O–H groups in total. The number of hydrogen-bond donors (Lipinski definition) is 2. The van der Waals surface area contributed by atoms with Crippen LogP contribution in [0.3, 0.4) is 0 Å². The molecule has 8 nitrogen and oxygen atoms in total. The van der Waals surface area contributed by atoms with Crippen LogP contribution in [0, 0.1) is 6.92 Å². The third kappa shape index (κ3) is 4.88. The molecule has 0 aliphatic rings. The zero-order valence-electron chi connectivity index (χ0n) is 15.5. The standard InChI is InChI=1S/C20H19N5O3/c1-13-10-17(18(26)22-12-16-7-3-4-9-21-16)25-20(23-13)24-15-8-5-6-14(11-15)19(27)28-2/h3-11H,12H2,1-2H3,(H,22,26)(H,23,24,25). The monoisotopic (exact) mass is 377 g/mol. The van der Waals surface area contributed by atoms with Gasteiger partial charge in [-0.05, 0) is 43.3 Å². The number of benzene rings is 1. The Bertz CT molecular complexity index is 992. The molecule has 2 aromatic heterocycles. The van der Waals surface area contributed by atoms with Gasteiger partial charge in [-0.25, -0.2) is 14.8 Å². The summed E-state index contributed by atoms with van der Waals surface area (Å²) in [6, 6.07) is 13.8. The first-order valence-electron chi connectivity index (χ1n) is 8.54. The number of hydrogen-bond acceptors (Lipinski definition) is 7. The second kappa shape index (κ2) is 8.72. The highest BCUT2D eigenvalue weighted by Crippen LogP contribution is 2.16. The van der Waals surface area contributed by atoms with Crippen molar-refractivity contribution in [3.63, 3.8) is 0 Å². The second-order valence-corrected chi connectivity index (χ2v) is 5.92. The number of rotatable bonds is 6. The first-order valence-corrected chi connectivity index (χ1v) is 8.54. The van der Waals surface area contributed by atoms with Crippen LogP contribution in [0.4, 0.5) is 11.6 Å². The third-order valence-corrected chi connectivity index (χ3v) is 3.78. The van der Waals surface area contributed by atoms with Gasteiger partial charge >= 0.3 is 5.97 Å². The number of anilines is 2. The number of pyridine rings is 1. The molecule has 8 heteroatoms. The molecule has 3 aromatic rings. The van der Waals surface area contributed by atoms with E-state index in [2.05, 4.69) is 25.6 Å². The van der Waals surface area contributed by atoms with Gasteiger partial charge in [0.15, 0.2) is 0 Å². The smallest absolute Gasteiger partial charge is 0.337 e. The normalized spacial score (nSPS) is 10.2. The largest absolute Gasteiger partial charge is 0.465 e. The van der Waals surface area contributed by atoms with E-state index in [9.17, 15) is 9.59 Å². The van der Waals surface area contributed by atoms with Crippen LogP contribution in [0.25, 0.3) is 0 Å². The molecule has 0 aliphatic carbocycles. The maximum absolute atomic E-state index is 12.4. The molecule has 3 rings (SSSR count). The summed E-state index contributed by atoms with van der Waals surface area (Å²) in [5.74, 6) is -0.518. The number of carbonyl (C=O) groups is 2. The summed E-state index contributed by atoms with van der Waals surface area (Å²) in [5, 5.41) is 5.80. The molecule has 0 bridgehead atoms. The fraction of sp³-hybridized carbons (Fsp3) is 0.150. The first-order chi connectivity index (χ1) is 13.5. The predicted molar refractivity (Wildman–Crippen MR) is 103 cm³/mol. The summed E-state index contributed by atoms with van der Waals surface area (Å²) < 4.78 is 4.72. The van der Waals surface area contributed by atoms with Gasteiger partial charge in [0, 0.05) is 17.6 Å². The van der Waals surface area contributed by atoms with E-state index in [1.165, 1.54) is 7.11 Å². The van der Waals surface area contributed by atoms with Crippen molar-refractivity contribution in [2.75, 3.05) is 12.4 Å². The van der Waals surface area contributed by atoms with Gasteiger partial charge in [-0.15, -0.1) is 0 Å². The van der Waals surface area contributed by atoms with E-state index in [1.807, 2.05) is 18.2 Å². The van der Waals surface area contributed by atoms with Crippen molar-refractivity contribution < 1.29 is 14.3 Å². The summed E-state index contributed by atoms with van der Waals surface area (Å²) in [6.45, 7) is 2.07. The van der Waals surface area contributed by atoms with Gasteiger partial charge in [0.1, 0.15) is 5.69 Å². The lowest BCUT2D eigenvalue weighted by Crippen LogP contribution is -2.24. The molecule has 0 radical (unpaired) electrons. The number of esters is 1. The molecule has 0 unspecified atom stereocenters. The Hall–Kier alpha value is -3.81. The molecule has 1 amide bonds. The summed E-state index contributed by atoms with van der Waals surface area (Å²) in [5.41, 5.74) is 2.61. The number of methoxy groups -OCH3 is 1. The first kappa shape index (κ1) is 19.0. The molecule has 28 heavy (non-hydrogen) atoms. The van der Waals surface area contributed by atoms with Gasteiger partial charge in [-0.3, -0.25) is 9.78 Å². The van der Waals surface area contributed by atoms with Gasteiger partial charge in [0.2, 0.25) is 5.95 Å². The summed E-state index contributed by atoms with van der Waals surface area (Å²) in [7, 11) is 1.32. The molecular formula is C20H19N5O3. The lowest BCUT2D eigenvalue weighted by Gasteiger charge is -2.09. The maximum Gasteiger partial charge on any atom is 0.337 e. The Morgan fingerprint density at radius 3 is 2.68 bits per heavy atom. The Labute approximate surface area is 162 Å². The van der Waals surface area contributed by atoms with Crippen LogP contribution in [0.1, 0.15) is 32.2 Å². The van der Waals surface area contributed by atoms with Gasteiger partial charge in [0.25, 0.3) is 5.91 Å². The average molecular weight is 377 g/mol. The van der Waals surface area contributed by atoms with Crippen molar-refractivity contribution in [1.29, 1.82) is 0 Å². The Morgan fingerprint density at radius 2 is 1.93 bits per heavy atom. The van der Waals surface area contributed by atoms with Crippen LogP contribution in [0.5, 0.6) is 0 Å². The Morgan fingerprint density at radius 1 is 1.07 bits per heavy atom. The highest BCUT2D eigenvalue weighted by atomic mass is 16.5. The number of amides is 1. The number of carbonyl (C=O) groups excluding carboxylic acids is 2. The fourth-order valence-electron chi connectivity index (χ4n) is 2.48. The van der Waals surface area contributed by atoms with Gasteiger partial charge < -0.3 is 15.4 Å². The molecular weight excluding hydrogens is 358 g/mol. The molecule has 142 valence electrons. The average Bonchev–Trinajstić information content (AvgIpc) is 2.72. The number of nitrogens with zero attached hydrogens (tertiary/aromatic N) is 3. The van der Waals surface area contributed by atoms with Crippen molar-refractivity contribution >= 4 is 23.5 Å². The highest BCUT2D eigenvalue weighted by molar-refractivity contribution is 5.93. The van der Waals surface area contributed by atoms with E-state index in [1.54, 1.807) is 43.5 Å². The maximum atomic E-state index is 12.4. The van der Waals surface area contributed by atoms with Crippen LogP contribution < -0.4 is 10.6 Å². The van der Waals surface area contributed by atoms with Crippen LogP contribution in [-0.2, 0) is 11.3 Å². The Balaban J connectivity index is 1.74. The zero-order chi connectivity index (χ0) is 19.9. The number of ether oxygens (including phenoxy) is 1. The van der Waals surface area contributed by atoms with E-state index in [0.29, 0.717) is 23.5 Å². The van der Waals surface area contributed by atoms with E-state index in [0.717, 1.165) is 5.69 Å². The Kier molecular flexibility index (Phi) is 5.91. The van der Waals surface area contributed by atoms with Crippen LogP contribution in [0.15, 0.2) is 54.7 Å². The molecule has 0 atom stereocenters. The third-order valence-electron chi connectivity index (χ3n) is 3.78. The van der Waals surface area contributed by atoms with Gasteiger partial charge in [-0.1, -0.05) is 12.1 Å². The predicted octanol–water partition coefficient (Wildman–Crippen LogP) is 2.64. The summed E-state index contributed by atoms with van der Waals surface area (Å²) in [4.78, 5) is 36.8.